The second-order valence-electron chi connectivity index (χ2n) is 6.34. The van der Waals surface area contributed by atoms with Crippen molar-refractivity contribution in [2.45, 2.75) is 52.8 Å². The van der Waals surface area contributed by atoms with Crippen molar-refractivity contribution in [1.29, 1.82) is 0 Å². The summed E-state index contributed by atoms with van der Waals surface area (Å²) in [6, 6.07) is 8.73. The van der Waals surface area contributed by atoms with E-state index in [9.17, 15) is 0 Å². The molecule has 0 aliphatic carbocycles. The van der Waals surface area contributed by atoms with Crippen molar-refractivity contribution in [1.82, 2.24) is 15.5 Å². The number of aliphatic imine (C=N–C) groups is 1. The van der Waals surface area contributed by atoms with Crippen LogP contribution in [-0.2, 0) is 17.9 Å². The lowest BCUT2D eigenvalue weighted by Crippen LogP contribution is -2.42. The zero-order chi connectivity index (χ0) is 18.5. The van der Waals surface area contributed by atoms with Crippen LogP contribution < -0.4 is 10.6 Å². The number of nitrogens with zero attached hydrogens (tertiary/aromatic N) is 2. The number of halogens is 1. The molecule has 0 radical (unpaired) electrons. The van der Waals surface area contributed by atoms with E-state index in [4.69, 9.17) is 4.74 Å². The molecule has 0 aliphatic heterocycles. The van der Waals surface area contributed by atoms with E-state index in [-0.39, 0.29) is 24.0 Å². The van der Waals surface area contributed by atoms with E-state index in [2.05, 4.69) is 59.5 Å². The molecule has 1 rings (SSSR count). The SMILES string of the molecule is CCN(CC)CCCC(C)NC(=NC)NCc1ccccc1COC.I. The third-order valence-corrected chi connectivity index (χ3v) is 4.48. The predicted molar refractivity (Wildman–Crippen MR) is 122 cm³/mol. The summed E-state index contributed by atoms with van der Waals surface area (Å²) in [7, 11) is 3.55. The molecule has 1 atom stereocenters. The summed E-state index contributed by atoms with van der Waals surface area (Å²) in [5.41, 5.74) is 2.45. The topological polar surface area (TPSA) is 48.9 Å². The van der Waals surface area contributed by atoms with Gasteiger partial charge < -0.3 is 20.3 Å². The lowest BCUT2D eigenvalue weighted by atomic mass is 10.1. The summed E-state index contributed by atoms with van der Waals surface area (Å²) in [4.78, 5) is 6.81. The zero-order valence-corrected chi connectivity index (χ0v) is 19.4. The highest BCUT2D eigenvalue weighted by atomic mass is 127. The maximum absolute atomic E-state index is 5.27. The summed E-state index contributed by atoms with van der Waals surface area (Å²) >= 11 is 0. The minimum atomic E-state index is 0. The van der Waals surface area contributed by atoms with Gasteiger partial charge in [-0.1, -0.05) is 38.1 Å². The van der Waals surface area contributed by atoms with E-state index in [0.29, 0.717) is 12.6 Å². The van der Waals surface area contributed by atoms with Crippen LogP contribution in [0.4, 0.5) is 0 Å². The smallest absolute Gasteiger partial charge is 0.191 e. The van der Waals surface area contributed by atoms with Gasteiger partial charge in [0.15, 0.2) is 5.96 Å². The van der Waals surface area contributed by atoms with Gasteiger partial charge in [-0.2, -0.15) is 0 Å². The largest absolute Gasteiger partial charge is 0.380 e. The summed E-state index contributed by atoms with van der Waals surface area (Å²) < 4.78 is 5.27. The Morgan fingerprint density at radius 2 is 1.85 bits per heavy atom. The van der Waals surface area contributed by atoms with Crippen molar-refractivity contribution >= 4 is 29.9 Å². The minimum Gasteiger partial charge on any atom is -0.380 e. The monoisotopic (exact) mass is 476 g/mol. The molecule has 1 aromatic carbocycles. The van der Waals surface area contributed by atoms with Crippen molar-refractivity contribution in [2.24, 2.45) is 4.99 Å². The summed E-state index contributed by atoms with van der Waals surface area (Å²) in [5, 5.41) is 6.90. The van der Waals surface area contributed by atoms with Gasteiger partial charge in [-0.25, -0.2) is 0 Å². The van der Waals surface area contributed by atoms with Crippen LogP contribution in [-0.4, -0.2) is 50.7 Å². The molecule has 6 heteroatoms. The molecular formula is C20H37IN4O. The number of hydrogen-bond acceptors (Lipinski definition) is 3. The highest BCUT2D eigenvalue weighted by Gasteiger charge is 2.08. The molecule has 0 aliphatic rings. The number of guanidine groups is 1. The number of rotatable bonds is 11. The first-order valence-corrected chi connectivity index (χ1v) is 9.39. The van der Waals surface area contributed by atoms with E-state index in [0.717, 1.165) is 38.6 Å². The first-order chi connectivity index (χ1) is 12.1. The molecule has 0 saturated heterocycles. The van der Waals surface area contributed by atoms with Gasteiger partial charge in [0.1, 0.15) is 0 Å². The number of benzene rings is 1. The van der Waals surface area contributed by atoms with Gasteiger partial charge in [0.25, 0.3) is 0 Å². The molecule has 0 spiro atoms. The number of methoxy groups -OCH3 is 1. The van der Waals surface area contributed by atoms with Crippen molar-refractivity contribution in [3.05, 3.63) is 35.4 Å². The molecule has 0 amide bonds. The fourth-order valence-electron chi connectivity index (χ4n) is 2.87. The van der Waals surface area contributed by atoms with Crippen LogP contribution in [0.1, 0.15) is 44.7 Å². The number of ether oxygens (including phenoxy) is 1. The predicted octanol–water partition coefficient (Wildman–Crippen LogP) is 3.63. The molecule has 5 nitrogen and oxygen atoms in total. The molecule has 150 valence electrons. The molecule has 2 N–H and O–H groups in total. The highest BCUT2D eigenvalue weighted by Crippen LogP contribution is 2.09. The minimum absolute atomic E-state index is 0. The Morgan fingerprint density at radius 3 is 2.42 bits per heavy atom. The average Bonchev–Trinajstić information content (AvgIpc) is 2.63. The van der Waals surface area contributed by atoms with Crippen LogP contribution in [0.5, 0.6) is 0 Å². The molecule has 0 saturated carbocycles. The van der Waals surface area contributed by atoms with Gasteiger partial charge in [0, 0.05) is 26.7 Å². The Bertz CT molecular complexity index is 506. The first kappa shape index (κ1) is 25.1. The Morgan fingerprint density at radius 1 is 1.19 bits per heavy atom. The Kier molecular flexibility index (Phi) is 14.7. The molecular weight excluding hydrogens is 439 g/mol. The van der Waals surface area contributed by atoms with E-state index >= 15 is 0 Å². The maximum atomic E-state index is 5.27. The van der Waals surface area contributed by atoms with Crippen molar-refractivity contribution in [3.63, 3.8) is 0 Å². The van der Waals surface area contributed by atoms with Gasteiger partial charge in [-0.3, -0.25) is 4.99 Å². The van der Waals surface area contributed by atoms with Gasteiger partial charge in [0.05, 0.1) is 6.61 Å². The fraction of sp³-hybridized carbons (Fsp3) is 0.650. The summed E-state index contributed by atoms with van der Waals surface area (Å²) in [5.74, 6) is 0.850. The molecule has 0 fully saturated rings. The normalized spacial score (nSPS) is 12.6. The Balaban J connectivity index is 0.00000625. The Labute approximate surface area is 177 Å². The lowest BCUT2D eigenvalue weighted by Gasteiger charge is -2.21. The average molecular weight is 476 g/mol. The quantitative estimate of drug-likeness (QED) is 0.291. The van der Waals surface area contributed by atoms with Crippen LogP contribution in [0.15, 0.2) is 29.3 Å². The van der Waals surface area contributed by atoms with Crippen LogP contribution in [0.3, 0.4) is 0 Å². The molecule has 1 aromatic rings. The second-order valence-corrected chi connectivity index (χ2v) is 6.34. The molecule has 1 unspecified atom stereocenters. The highest BCUT2D eigenvalue weighted by molar-refractivity contribution is 14.0. The molecule has 0 aromatic heterocycles. The van der Waals surface area contributed by atoms with Gasteiger partial charge >= 0.3 is 0 Å². The van der Waals surface area contributed by atoms with Crippen LogP contribution >= 0.6 is 24.0 Å². The summed E-state index contributed by atoms with van der Waals surface area (Å²) in [6.07, 6.45) is 2.33. The summed E-state index contributed by atoms with van der Waals surface area (Å²) in [6.45, 7) is 11.4. The van der Waals surface area contributed by atoms with Crippen molar-refractivity contribution < 1.29 is 4.74 Å². The van der Waals surface area contributed by atoms with Crippen molar-refractivity contribution in [2.75, 3.05) is 33.8 Å². The lowest BCUT2D eigenvalue weighted by molar-refractivity contribution is 0.184. The van der Waals surface area contributed by atoms with Gasteiger partial charge in [0.2, 0.25) is 0 Å². The second kappa shape index (κ2) is 15.2. The fourth-order valence-corrected chi connectivity index (χ4v) is 2.87. The van der Waals surface area contributed by atoms with E-state index in [1.165, 1.54) is 17.5 Å². The van der Waals surface area contributed by atoms with E-state index in [1.54, 1.807) is 7.11 Å². The zero-order valence-electron chi connectivity index (χ0n) is 17.0. The van der Waals surface area contributed by atoms with Crippen LogP contribution in [0, 0.1) is 0 Å². The standard InChI is InChI=1S/C20H36N4O.HI/c1-6-24(7-2)14-10-11-17(3)23-20(21-4)22-15-18-12-8-9-13-19(18)16-25-5;/h8-9,12-13,17H,6-7,10-11,14-16H2,1-5H3,(H2,21,22,23);1H. The third-order valence-electron chi connectivity index (χ3n) is 4.48. The molecule has 0 bridgehead atoms. The number of nitrogens with one attached hydrogen (secondary N) is 2. The first-order valence-electron chi connectivity index (χ1n) is 9.39. The van der Waals surface area contributed by atoms with Crippen molar-refractivity contribution in [3.8, 4) is 0 Å². The molecule has 0 heterocycles. The number of hydrogen-bond donors (Lipinski definition) is 2. The van der Waals surface area contributed by atoms with E-state index in [1.807, 2.05) is 13.1 Å². The third kappa shape index (κ3) is 9.73. The van der Waals surface area contributed by atoms with E-state index < -0.39 is 0 Å². The molecule has 26 heavy (non-hydrogen) atoms. The maximum Gasteiger partial charge on any atom is 0.191 e. The van der Waals surface area contributed by atoms with Crippen LogP contribution in [0.2, 0.25) is 0 Å². The van der Waals surface area contributed by atoms with Crippen LogP contribution in [0.25, 0.3) is 0 Å². The Hall–Kier alpha value is -0.860. The van der Waals surface area contributed by atoms with Gasteiger partial charge in [-0.05, 0) is 50.5 Å². The van der Waals surface area contributed by atoms with Gasteiger partial charge in [-0.15, -0.1) is 24.0 Å².